The molecule has 0 saturated heterocycles. The van der Waals surface area contributed by atoms with E-state index in [-0.39, 0.29) is 5.91 Å². The van der Waals surface area contributed by atoms with Crippen molar-refractivity contribution in [3.8, 4) is 5.75 Å². The lowest BCUT2D eigenvalue weighted by atomic mass is 10.0. The topological polar surface area (TPSA) is 29.5 Å². The van der Waals surface area contributed by atoms with Gasteiger partial charge in [0, 0.05) is 13.6 Å². The number of carbonyl (C=O) groups is 1. The second kappa shape index (κ2) is 6.53. The number of hydrogen-bond donors (Lipinski definition) is 0. The Balaban J connectivity index is 1.88. The number of rotatable bonds is 4. The van der Waals surface area contributed by atoms with Crippen molar-refractivity contribution in [2.75, 3.05) is 14.2 Å². The first kappa shape index (κ1) is 15.1. The third kappa shape index (κ3) is 3.04. The Labute approximate surface area is 136 Å². The van der Waals surface area contributed by atoms with Crippen LogP contribution < -0.4 is 4.74 Å². The van der Waals surface area contributed by atoms with Crippen molar-refractivity contribution in [3.63, 3.8) is 0 Å². The molecule has 1 amide bonds. The van der Waals surface area contributed by atoms with Crippen molar-refractivity contribution in [2.45, 2.75) is 6.54 Å². The zero-order valence-electron chi connectivity index (χ0n) is 13.3. The van der Waals surface area contributed by atoms with E-state index in [0.29, 0.717) is 17.9 Å². The molecule has 0 saturated carbocycles. The summed E-state index contributed by atoms with van der Waals surface area (Å²) in [5.74, 6) is 0.553. The molecule has 0 aliphatic rings. The molecule has 0 fully saturated rings. The lowest BCUT2D eigenvalue weighted by Crippen LogP contribution is -2.26. The quantitative estimate of drug-likeness (QED) is 0.725. The molecule has 3 rings (SSSR count). The highest BCUT2D eigenvalue weighted by Crippen LogP contribution is 2.22. The van der Waals surface area contributed by atoms with Crippen LogP contribution in [0.25, 0.3) is 10.8 Å². The van der Waals surface area contributed by atoms with E-state index in [1.165, 1.54) is 10.8 Å². The van der Waals surface area contributed by atoms with E-state index in [9.17, 15) is 4.79 Å². The van der Waals surface area contributed by atoms with Crippen LogP contribution in [-0.2, 0) is 6.54 Å². The number of methoxy groups -OCH3 is 1. The van der Waals surface area contributed by atoms with Crippen molar-refractivity contribution in [1.29, 1.82) is 0 Å². The van der Waals surface area contributed by atoms with Gasteiger partial charge >= 0.3 is 0 Å². The van der Waals surface area contributed by atoms with Gasteiger partial charge in [-0.2, -0.15) is 0 Å². The van der Waals surface area contributed by atoms with Gasteiger partial charge in [0.2, 0.25) is 0 Å². The second-order valence-corrected chi connectivity index (χ2v) is 5.50. The molecule has 3 nitrogen and oxygen atoms in total. The molecule has 3 aromatic carbocycles. The number of benzene rings is 3. The van der Waals surface area contributed by atoms with Crippen molar-refractivity contribution in [3.05, 3.63) is 77.9 Å². The number of carbonyl (C=O) groups excluding carboxylic acids is 1. The average molecular weight is 305 g/mol. The van der Waals surface area contributed by atoms with Crippen LogP contribution in [0.2, 0.25) is 0 Å². The fourth-order valence-corrected chi connectivity index (χ4v) is 2.78. The first-order chi connectivity index (χ1) is 11.2. The van der Waals surface area contributed by atoms with Crippen LogP contribution in [0.3, 0.4) is 0 Å². The summed E-state index contributed by atoms with van der Waals surface area (Å²) in [5, 5.41) is 2.36. The van der Waals surface area contributed by atoms with E-state index in [1.807, 2.05) is 37.4 Å². The molecular weight excluding hydrogens is 286 g/mol. The van der Waals surface area contributed by atoms with Crippen molar-refractivity contribution < 1.29 is 9.53 Å². The monoisotopic (exact) mass is 305 g/mol. The number of para-hydroxylation sites is 1. The first-order valence-electron chi connectivity index (χ1n) is 7.56. The van der Waals surface area contributed by atoms with Crippen LogP contribution in [-0.4, -0.2) is 25.0 Å². The largest absolute Gasteiger partial charge is 0.496 e. The molecular formula is C20H19NO2. The molecule has 0 spiro atoms. The smallest absolute Gasteiger partial charge is 0.257 e. The third-order valence-electron chi connectivity index (χ3n) is 3.97. The number of hydrogen-bond acceptors (Lipinski definition) is 2. The molecule has 0 atom stereocenters. The number of ether oxygens (including phenoxy) is 1. The lowest BCUT2D eigenvalue weighted by Gasteiger charge is -2.19. The summed E-state index contributed by atoms with van der Waals surface area (Å²) in [6.45, 7) is 0.554. The Bertz CT molecular complexity index is 836. The maximum atomic E-state index is 12.7. The van der Waals surface area contributed by atoms with Crippen molar-refractivity contribution in [2.24, 2.45) is 0 Å². The van der Waals surface area contributed by atoms with Gasteiger partial charge in [0.05, 0.1) is 12.7 Å². The summed E-state index contributed by atoms with van der Waals surface area (Å²) in [6, 6.07) is 21.7. The van der Waals surface area contributed by atoms with Crippen LogP contribution in [0.1, 0.15) is 15.9 Å². The Kier molecular flexibility index (Phi) is 4.29. The highest BCUT2D eigenvalue weighted by atomic mass is 16.5. The molecule has 0 unspecified atom stereocenters. The average Bonchev–Trinajstić information content (AvgIpc) is 2.61. The van der Waals surface area contributed by atoms with E-state index in [0.717, 1.165) is 5.56 Å². The SMILES string of the molecule is COc1ccccc1C(=O)N(C)Cc1cccc2ccccc12. The van der Waals surface area contributed by atoms with Crippen LogP contribution in [0.15, 0.2) is 66.7 Å². The van der Waals surface area contributed by atoms with Gasteiger partial charge in [-0.15, -0.1) is 0 Å². The Morgan fingerprint density at radius 3 is 2.48 bits per heavy atom. The van der Waals surface area contributed by atoms with E-state index in [2.05, 4.69) is 24.3 Å². The van der Waals surface area contributed by atoms with E-state index < -0.39 is 0 Å². The molecule has 0 heterocycles. The minimum Gasteiger partial charge on any atom is -0.496 e. The minimum atomic E-state index is -0.0459. The van der Waals surface area contributed by atoms with E-state index in [4.69, 9.17) is 4.74 Å². The zero-order chi connectivity index (χ0) is 16.2. The first-order valence-corrected chi connectivity index (χ1v) is 7.56. The highest BCUT2D eigenvalue weighted by Gasteiger charge is 2.16. The van der Waals surface area contributed by atoms with Crippen molar-refractivity contribution in [1.82, 2.24) is 4.90 Å². The Morgan fingerprint density at radius 1 is 0.957 bits per heavy atom. The summed E-state index contributed by atoms with van der Waals surface area (Å²) in [6.07, 6.45) is 0. The predicted molar refractivity (Wildman–Crippen MR) is 92.7 cm³/mol. The van der Waals surface area contributed by atoms with E-state index >= 15 is 0 Å². The van der Waals surface area contributed by atoms with Gasteiger partial charge < -0.3 is 9.64 Å². The Hall–Kier alpha value is -2.81. The molecule has 3 aromatic rings. The summed E-state index contributed by atoms with van der Waals surface area (Å²) in [7, 11) is 3.40. The summed E-state index contributed by atoms with van der Waals surface area (Å²) in [5.41, 5.74) is 1.71. The van der Waals surface area contributed by atoms with Crippen LogP contribution in [0, 0.1) is 0 Å². The maximum absolute atomic E-state index is 12.7. The molecule has 116 valence electrons. The minimum absolute atomic E-state index is 0.0459. The van der Waals surface area contributed by atoms with Crippen LogP contribution in [0.4, 0.5) is 0 Å². The molecule has 0 aromatic heterocycles. The molecule has 0 aliphatic heterocycles. The van der Waals surface area contributed by atoms with Gasteiger partial charge in [-0.05, 0) is 28.5 Å². The van der Waals surface area contributed by atoms with Gasteiger partial charge in [-0.1, -0.05) is 54.6 Å². The standard InChI is InChI=1S/C20H19NO2/c1-21(20(22)18-12-5-6-13-19(18)23-2)14-16-10-7-9-15-8-3-4-11-17(15)16/h3-13H,14H2,1-2H3. The maximum Gasteiger partial charge on any atom is 0.257 e. The second-order valence-electron chi connectivity index (χ2n) is 5.50. The zero-order valence-corrected chi connectivity index (χ0v) is 13.3. The number of fused-ring (bicyclic) bond motifs is 1. The van der Waals surface area contributed by atoms with E-state index in [1.54, 1.807) is 24.1 Å². The molecule has 23 heavy (non-hydrogen) atoms. The van der Waals surface area contributed by atoms with Gasteiger partial charge in [-0.25, -0.2) is 0 Å². The lowest BCUT2D eigenvalue weighted by molar-refractivity contribution is 0.0782. The summed E-state index contributed by atoms with van der Waals surface area (Å²) in [4.78, 5) is 14.4. The van der Waals surface area contributed by atoms with Gasteiger partial charge in [0.15, 0.2) is 0 Å². The molecule has 3 heteroatoms. The van der Waals surface area contributed by atoms with Crippen molar-refractivity contribution >= 4 is 16.7 Å². The fourth-order valence-electron chi connectivity index (χ4n) is 2.78. The fraction of sp³-hybridized carbons (Fsp3) is 0.150. The van der Waals surface area contributed by atoms with Gasteiger partial charge in [-0.3, -0.25) is 4.79 Å². The number of amides is 1. The number of nitrogens with zero attached hydrogens (tertiary/aromatic N) is 1. The molecule has 0 radical (unpaired) electrons. The summed E-state index contributed by atoms with van der Waals surface area (Å²) >= 11 is 0. The highest BCUT2D eigenvalue weighted by molar-refractivity contribution is 5.97. The molecule has 0 bridgehead atoms. The van der Waals surface area contributed by atoms with Gasteiger partial charge in [0.1, 0.15) is 5.75 Å². The van der Waals surface area contributed by atoms with Crippen LogP contribution in [0.5, 0.6) is 5.75 Å². The molecule has 0 aliphatic carbocycles. The van der Waals surface area contributed by atoms with Crippen LogP contribution >= 0.6 is 0 Å². The third-order valence-corrected chi connectivity index (χ3v) is 3.97. The Morgan fingerprint density at radius 2 is 1.65 bits per heavy atom. The predicted octanol–water partition coefficient (Wildman–Crippen LogP) is 4.12. The summed E-state index contributed by atoms with van der Waals surface area (Å²) < 4.78 is 5.29. The molecule has 0 N–H and O–H groups in total. The normalized spacial score (nSPS) is 10.5. The van der Waals surface area contributed by atoms with Gasteiger partial charge in [0.25, 0.3) is 5.91 Å².